The summed E-state index contributed by atoms with van der Waals surface area (Å²) in [6.45, 7) is 0.991. The number of hydrogen-bond acceptors (Lipinski definition) is 2. The van der Waals surface area contributed by atoms with Crippen molar-refractivity contribution < 1.29 is 0 Å². The third-order valence-electron chi connectivity index (χ3n) is 4.52. The van der Waals surface area contributed by atoms with E-state index in [9.17, 15) is 0 Å². The Hall–Kier alpha value is -0.860. The predicted molar refractivity (Wildman–Crippen MR) is 80.0 cm³/mol. The molecule has 2 nitrogen and oxygen atoms in total. The van der Waals surface area contributed by atoms with E-state index in [4.69, 9.17) is 5.73 Å². The zero-order chi connectivity index (χ0) is 13.1. The van der Waals surface area contributed by atoms with E-state index in [1.54, 1.807) is 0 Å². The first kappa shape index (κ1) is 13.1. The van der Waals surface area contributed by atoms with Crippen molar-refractivity contribution in [2.75, 3.05) is 6.54 Å². The van der Waals surface area contributed by atoms with Crippen LogP contribution >= 0.6 is 0 Å². The maximum Gasteiger partial charge on any atom is 0.0168 e. The van der Waals surface area contributed by atoms with Crippen molar-refractivity contribution in [1.82, 2.24) is 5.32 Å². The molecule has 0 saturated heterocycles. The molecule has 0 amide bonds. The fraction of sp³-hybridized carbons (Fsp3) is 0.647. The Bertz CT molecular complexity index is 370. The molecule has 2 fully saturated rings. The lowest BCUT2D eigenvalue weighted by Gasteiger charge is -2.20. The van der Waals surface area contributed by atoms with Gasteiger partial charge in [0.15, 0.2) is 0 Å². The standard InChI is InChI=1S/C17H26N2/c18-16(11-6-13-4-2-1-3-5-13)12-19-17(14-7-8-14)15-9-10-15/h1-5,14-17,19H,6-12,18H2. The van der Waals surface area contributed by atoms with Crippen LogP contribution in [0.5, 0.6) is 0 Å². The Labute approximate surface area is 116 Å². The molecule has 0 radical (unpaired) electrons. The maximum atomic E-state index is 6.25. The molecule has 1 atom stereocenters. The van der Waals surface area contributed by atoms with Gasteiger partial charge in [-0.15, -0.1) is 0 Å². The molecule has 1 unspecified atom stereocenters. The number of benzene rings is 1. The topological polar surface area (TPSA) is 38.0 Å². The Morgan fingerprint density at radius 2 is 1.68 bits per heavy atom. The highest BCUT2D eigenvalue weighted by Crippen LogP contribution is 2.44. The molecule has 2 saturated carbocycles. The molecule has 1 aromatic carbocycles. The first-order chi connectivity index (χ1) is 9.33. The second-order valence-electron chi connectivity index (χ2n) is 6.39. The molecule has 3 N–H and O–H groups in total. The van der Waals surface area contributed by atoms with Crippen LogP contribution in [0.2, 0.25) is 0 Å². The van der Waals surface area contributed by atoms with E-state index in [-0.39, 0.29) is 0 Å². The lowest BCUT2D eigenvalue weighted by molar-refractivity contribution is 0.395. The summed E-state index contributed by atoms with van der Waals surface area (Å²) >= 11 is 0. The van der Waals surface area contributed by atoms with Crippen molar-refractivity contribution in [2.45, 2.75) is 50.6 Å². The summed E-state index contributed by atoms with van der Waals surface area (Å²) in [5.74, 6) is 1.93. The fourth-order valence-corrected chi connectivity index (χ4v) is 3.02. The first-order valence-electron chi connectivity index (χ1n) is 7.86. The number of nitrogens with two attached hydrogens (primary N) is 1. The van der Waals surface area contributed by atoms with Crippen LogP contribution in [0.3, 0.4) is 0 Å². The number of nitrogens with one attached hydrogen (secondary N) is 1. The van der Waals surface area contributed by atoms with E-state index in [0.29, 0.717) is 6.04 Å². The van der Waals surface area contributed by atoms with Gasteiger partial charge in [0.25, 0.3) is 0 Å². The Balaban J connectivity index is 1.37. The lowest BCUT2D eigenvalue weighted by atomic mass is 10.0. The second-order valence-corrected chi connectivity index (χ2v) is 6.39. The molecule has 0 aromatic heterocycles. The van der Waals surface area contributed by atoms with Gasteiger partial charge in [-0.1, -0.05) is 30.3 Å². The average molecular weight is 258 g/mol. The van der Waals surface area contributed by atoms with Gasteiger partial charge in [0, 0.05) is 18.6 Å². The summed E-state index contributed by atoms with van der Waals surface area (Å²) in [4.78, 5) is 0. The van der Waals surface area contributed by atoms with Gasteiger partial charge >= 0.3 is 0 Å². The van der Waals surface area contributed by atoms with Crippen LogP contribution in [0.1, 0.15) is 37.7 Å². The van der Waals surface area contributed by atoms with Crippen molar-refractivity contribution in [3.8, 4) is 0 Å². The van der Waals surface area contributed by atoms with Crippen molar-refractivity contribution in [3.63, 3.8) is 0 Å². The van der Waals surface area contributed by atoms with Gasteiger partial charge in [-0.05, 0) is 55.9 Å². The van der Waals surface area contributed by atoms with Gasteiger partial charge in [-0.25, -0.2) is 0 Å². The molecule has 2 aliphatic rings. The SMILES string of the molecule is NC(CCc1ccccc1)CNC(C1CC1)C1CC1. The maximum absolute atomic E-state index is 6.25. The van der Waals surface area contributed by atoms with E-state index in [2.05, 4.69) is 35.6 Å². The van der Waals surface area contributed by atoms with Crippen LogP contribution in [0.25, 0.3) is 0 Å². The molecule has 0 aliphatic heterocycles. The van der Waals surface area contributed by atoms with Crippen molar-refractivity contribution in [2.24, 2.45) is 17.6 Å². The van der Waals surface area contributed by atoms with Crippen molar-refractivity contribution in [3.05, 3.63) is 35.9 Å². The average Bonchev–Trinajstić information content (AvgIpc) is 3.30. The molecule has 0 bridgehead atoms. The van der Waals surface area contributed by atoms with Crippen LogP contribution in [-0.4, -0.2) is 18.6 Å². The summed E-state index contributed by atoms with van der Waals surface area (Å²) < 4.78 is 0. The number of aryl methyl sites for hydroxylation is 1. The number of rotatable bonds is 8. The van der Waals surface area contributed by atoms with E-state index in [1.807, 2.05) is 0 Å². The molecule has 1 aromatic rings. The third kappa shape index (κ3) is 4.05. The van der Waals surface area contributed by atoms with Crippen LogP contribution < -0.4 is 11.1 Å². The molecule has 0 spiro atoms. The van der Waals surface area contributed by atoms with Crippen molar-refractivity contribution in [1.29, 1.82) is 0 Å². The molecule has 2 aliphatic carbocycles. The molecule has 104 valence electrons. The summed E-state index contributed by atoms with van der Waals surface area (Å²) in [7, 11) is 0. The molecule has 19 heavy (non-hydrogen) atoms. The molecular weight excluding hydrogens is 232 g/mol. The smallest absolute Gasteiger partial charge is 0.0168 e. The molecule has 3 rings (SSSR count). The monoisotopic (exact) mass is 258 g/mol. The Morgan fingerprint density at radius 3 is 2.26 bits per heavy atom. The van der Waals surface area contributed by atoms with E-state index < -0.39 is 0 Å². The van der Waals surface area contributed by atoms with E-state index in [0.717, 1.165) is 37.3 Å². The minimum atomic E-state index is 0.292. The van der Waals surface area contributed by atoms with Gasteiger partial charge in [-0.2, -0.15) is 0 Å². The molecule has 0 heterocycles. The summed E-state index contributed by atoms with van der Waals surface area (Å²) in [5.41, 5.74) is 7.65. The Kier molecular flexibility index (Phi) is 4.19. The normalized spacial score (nSPS) is 20.7. The van der Waals surface area contributed by atoms with Crippen LogP contribution in [0.15, 0.2) is 30.3 Å². The lowest BCUT2D eigenvalue weighted by Crippen LogP contribution is -2.42. The quantitative estimate of drug-likeness (QED) is 0.752. The van der Waals surface area contributed by atoms with Gasteiger partial charge in [0.05, 0.1) is 0 Å². The Morgan fingerprint density at radius 1 is 1.05 bits per heavy atom. The van der Waals surface area contributed by atoms with Gasteiger partial charge < -0.3 is 11.1 Å². The highest BCUT2D eigenvalue weighted by Gasteiger charge is 2.41. The van der Waals surface area contributed by atoms with Gasteiger partial charge in [-0.3, -0.25) is 0 Å². The van der Waals surface area contributed by atoms with Gasteiger partial charge in [0.2, 0.25) is 0 Å². The number of hydrogen-bond donors (Lipinski definition) is 2. The zero-order valence-corrected chi connectivity index (χ0v) is 11.7. The van der Waals surface area contributed by atoms with Crippen LogP contribution in [-0.2, 0) is 6.42 Å². The van der Waals surface area contributed by atoms with E-state index >= 15 is 0 Å². The van der Waals surface area contributed by atoms with Crippen LogP contribution in [0.4, 0.5) is 0 Å². The third-order valence-corrected chi connectivity index (χ3v) is 4.52. The first-order valence-corrected chi connectivity index (χ1v) is 7.86. The van der Waals surface area contributed by atoms with Crippen molar-refractivity contribution >= 4 is 0 Å². The minimum Gasteiger partial charge on any atom is -0.327 e. The molecule has 2 heteroatoms. The highest BCUT2D eigenvalue weighted by molar-refractivity contribution is 5.14. The van der Waals surface area contributed by atoms with Crippen LogP contribution in [0, 0.1) is 11.8 Å². The zero-order valence-electron chi connectivity index (χ0n) is 11.7. The molecular formula is C17H26N2. The minimum absolute atomic E-state index is 0.292. The second kappa shape index (κ2) is 6.06. The predicted octanol–water partition coefficient (Wildman–Crippen LogP) is 2.72. The van der Waals surface area contributed by atoms with E-state index in [1.165, 1.54) is 31.2 Å². The summed E-state index contributed by atoms with van der Waals surface area (Å²) in [5, 5.41) is 3.75. The largest absolute Gasteiger partial charge is 0.327 e. The summed E-state index contributed by atoms with van der Waals surface area (Å²) in [6.07, 6.45) is 7.93. The summed E-state index contributed by atoms with van der Waals surface area (Å²) in [6, 6.07) is 11.7. The highest BCUT2D eigenvalue weighted by atomic mass is 15.0. The van der Waals surface area contributed by atoms with Gasteiger partial charge in [0.1, 0.15) is 0 Å². The fourth-order valence-electron chi connectivity index (χ4n) is 3.02.